The van der Waals surface area contributed by atoms with Gasteiger partial charge in [-0.3, -0.25) is 0 Å². The first-order valence-electron chi connectivity index (χ1n) is 4.39. The average molecular weight is 239 g/mol. The van der Waals surface area contributed by atoms with E-state index < -0.39 is 12.6 Å². The quantitative estimate of drug-likeness (QED) is 0.642. The average Bonchev–Trinajstić information content (AvgIpc) is 2.11. The minimum atomic E-state index is -4.09. The predicted molar refractivity (Wildman–Crippen MR) is 53.0 cm³/mol. The predicted octanol–water partition coefficient (Wildman–Crippen LogP) is 3.49. The van der Waals surface area contributed by atoms with Crippen molar-refractivity contribution in [2.75, 3.05) is 11.9 Å². The largest absolute Gasteiger partial charge is 0.389 e. The van der Waals surface area contributed by atoms with Crippen molar-refractivity contribution in [1.82, 2.24) is 4.98 Å². The first kappa shape index (κ1) is 12.1. The van der Waals surface area contributed by atoms with Crippen LogP contribution in [-0.4, -0.2) is 17.7 Å². The van der Waals surface area contributed by atoms with Crippen molar-refractivity contribution >= 4 is 17.3 Å². The van der Waals surface area contributed by atoms with Crippen molar-refractivity contribution in [1.29, 1.82) is 0 Å². The van der Waals surface area contributed by atoms with Gasteiger partial charge in [-0.15, -0.1) is 0 Å². The fourth-order valence-corrected chi connectivity index (χ4v) is 1.21. The summed E-state index contributed by atoms with van der Waals surface area (Å²) in [6.07, 6.45) is -3.33. The molecule has 84 valence electrons. The van der Waals surface area contributed by atoms with E-state index in [0.29, 0.717) is 10.8 Å². The number of nitrogens with one attached hydrogen (secondary N) is 1. The Morgan fingerprint density at radius 3 is 2.73 bits per heavy atom. The summed E-state index contributed by atoms with van der Waals surface area (Å²) in [7, 11) is 0. The van der Waals surface area contributed by atoms with E-state index in [0.717, 1.165) is 0 Å². The summed E-state index contributed by atoms with van der Waals surface area (Å²) in [5.74, 6) is 0. The molecule has 0 aliphatic rings. The van der Waals surface area contributed by atoms with Gasteiger partial charge in [0.25, 0.3) is 0 Å². The van der Waals surface area contributed by atoms with Crippen molar-refractivity contribution in [2.45, 2.75) is 19.0 Å². The molecule has 1 heterocycles. The monoisotopic (exact) mass is 238 g/mol. The molecule has 0 saturated heterocycles. The minimum absolute atomic E-state index is 0.0451. The second-order valence-electron chi connectivity index (χ2n) is 3.01. The van der Waals surface area contributed by atoms with E-state index in [-0.39, 0.29) is 13.0 Å². The van der Waals surface area contributed by atoms with Gasteiger partial charge in [0.15, 0.2) is 0 Å². The first-order chi connectivity index (χ1) is 6.97. The summed E-state index contributed by atoms with van der Waals surface area (Å²) in [6.45, 7) is 0.264. The lowest BCUT2D eigenvalue weighted by molar-refractivity contribution is -0.134. The van der Waals surface area contributed by atoms with E-state index in [4.69, 9.17) is 11.6 Å². The number of hydrogen-bond donors (Lipinski definition) is 1. The van der Waals surface area contributed by atoms with Gasteiger partial charge in [0.2, 0.25) is 0 Å². The van der Waals surface area contributed by atoms with Crippen LogP contribution in [0.25, 0.3) is 0 Å². The van der Waals surface area contributed by atoms with Crippen LogP contribution in [0.5, 0.6) is 0 Å². The second-order valence-corrected chi connectivity index (χ2v) is 3.40. The van der Waals surface area contributed by atoms with Crippen molar-refractivity contribution in [3.8, 4) is 0 Å². The van der Waals surface area contributed by atoms with Crippen LogP contribution < -0.4 is 5.32 Å². The van der Waals surface area contributed by atoms with Crippen LogP contribution in [0.15, 0.2) is 18.3 Å². The molecule has 0 atom stereocenters. The Morgan fingerprint density at radius 2 is 2.13 bits per heavy atom. The number of nitrogens with zero attached hydrogens (tertiary/aromatic N) is 1. The molecule has 0 radical (unpaired) electrons. The third kappa shape index (κ3) is 5.47. The molecular weight excluding hydrogens is 229 g/mol. The van der Waals surface area contributed by atoms with Gasteiger partial charge in [-0.25, -0.2) is 4.98 Å². The van der Waals surface area contributed by atoms with Gasteiger partial charge < -0.3 is 5.32 Å². The number of anilines is 1. The van der Waals surface area contributed by atoms with E-state index in [1.165, 1.54) is 6.20 Å². The Morgan fingerprint density at radius 1 is 1.40 bits per heavy atom. The maximum absolute atomic E-state index is 11.8. The SMILES string of the molecule is FC(F)(F)CCCNc1ccnc(Cl)c1. The molecule has 1 aromatic rings. The van der Waals surface area contributed by atoms with Gasteiger partial charge >= 0.3 is 6.18 Å². The Labute approximate surface area is 90.5 Å². The smallest absolute Gasteiger partial charge is 0.385 e. The molecule has 1 N–H and O–H groups in total. The number of halogens is 4. The van der Waals surface area contributed by atoms with Gasteiger partial charge in [-0.05, 0) is 18.6 Å². The zero-order valence-electron chi connectivity index (χ0n) is 7.81. The summed E-state index contributed by atoms with van der Waals surface area (Å²) in [5, 5.41) is 3.15. The molecule has 1 rings (SSSR count). The van der Waals surface area contributed by atoms with Crippen LogP contribution in [0.3, 0.4) is 0 Å². The second kappa shape index (κ2) is 5.21. The van der Waals surface area contributed by atoms with Crippen LogP contribution in [-0.2, 0) is 0 Å². The van der Waals surface area contributed by atoms with E-state index in [1.54, 1.807) is 12.1 Å². The van der Waals surface area contributed by atoms with Crippen LogP contribution in [0.4, 0.5) is 18.9 Å². The zero-order chi connectivity index (χ0) is 11.3. The highest BCUT2D eigenvalue weighted by Crippen LogP contribution is 2.21. The highest BCUT2D eigenvalue weighted by Gasteiger charge is 2.25. The standard InChI is InChI=1S/C9H10ClF3N2/c10-8-6-7(2-5-15-8)14-4-1-3-9(11,12)13/h2,5-6H,1,3-4H2,(H,14,15). The van der Waals surface area contributed by atoms with E-state index >= 15 is 0 Å². The molecule has 0 aromatic carbocycles. The summed E-state index contributed by atoms with van der Waals surface area (Å²) in [5.41, 5.74) is 0.678. The third-order valence-corrected chi connectivity index (χ3v) is 1.90. The highest BCUT2D eigenvalue weighted by molar-refractivity contribution is 6.29. The topological polar surface area (TPSA) is 24.9 Å². The maximum atomic E-state index is 11.8. The molecule has 0 aliphatic carbocycles. The summed E-state index contributed by atoms with van der Waals surface area (Å²) in [6, 6.07) is 3.22. The van der Waals surface area contributed by atoms with Gasteiger partial charge in [0.1, 0.15) is 5.15 Å². The normalized spacial score (nSPS) is 11.5. The third-order valence-electron chi connectivity index (χ3n) is 1.69. The Balaban J connectivity index is 2.26. The lowest BCUT2D eigenvalue weighted by atomic mass is 10.3. The van der Waals surface area contributed by atoms with E-state index in [1.807, 2.05) is 0 Å². The van der Waals surface area contributed by atoms with Crippen molar-refractivity contribution in [3.05, 3.63) is 23.5 Å². The number of pyridine rings is 1. The van der Waals surface area contributed by atoms with Gasteiger partial charge in [-0.1, -0.05) is 11.6 Å². The van der Waals surface area contributed by atoms with Gasteiger partial charge in [0, 0.05) is 24.8 Å². The molecule has 0 unspecified atom stereocenters. The molecule has 0 amide bonds. The Kier molecular flexibility index (Phi) is 4.20. The molecule has 2 nitrogen and oxygen atoms in total. The number of rotatable bonds is 4. The van der Waals surface area contributed by atoms with Crippen LogP contribution >= 0.6 is 11.6 Å². The van der Waals surface area contributed by atoms with Crippen molar-refractivity contribution in [2.24, 2.45) is 0 Å². The molecule has 0 aliphatic heterocycles. The lowest BCUT2D eigenvalue weighted by Gasteiger charge is -2.08. The number of aromatic nitrogens is 1. The highest BCUT2D eigenvalue weighted by atomic mass is 35.5. The van der Waals surface area contributed by atoms with E-state index in [9.17, 15) is 13.2 Å². The van der Waals surface area contributed by atoms with Crippen LogP contribution in [0, 0.1) is 0 Å². The summed E-state index contributed by atoms with van der Waals surface area (Å²) < 4.78 is 35.4. The molecule has 6 heteroatoms. The molecule has 0 bridgehead atoms. The first-order valence-corrected chi connectivity index (χ1v) is 4.77. The Bertz CT molecular complexity index is 314. The lowest BCUT2D eigenvalue weighted by Crippen LogP contribution is -2.10. The fraction of sp³-hybridized carbons (Fsp3) is 0.444. The van der Waals surface area contributed by atoms with Crippen LogP contribution in [0.1, 0.15) is 12.8 Å². The molecule has 0 spiro atoms. The molecule has 0 saturated carbocycles. The number of hydrogen-bond acceptors (Lipinski definition) is 2. The van der Waals surface area contributed by atoms with Gasteiger partial charge in [-0.2, -0.15) is 13.2 Å². The summed E-state index contributed by atoms with van der Waals surface area (Å²) >= 11 is 5.60. The van der Waals surface area contributed by atoms with Crippen molar-refractivity contribution in [3.63, 3.8) is 0 Å². The minimum Gasteiger partial charge on any atom is -0.385 e. The fourth-order valence-electron chi connectivity index (χ4n) is 1.03. The van der Waals surface area contributed by atoms with Gasteiger partial charge in [0.05, 0.1) is 0 Å². The Hall–Kier alpha value is -0.970. The molecule has 1 aromatic heterocycles. The summed E-state index contributed by atoms with van der Waals surface area (Å²) in [4.78, 5) is 3.75. The number of alkyl halides is 3. The zero-order valence-corrected chi connectivity index (χ0v) is 8.57. The molecule has 0 fully saturated rings. The molecular formula is C9H10ClF3N2. The van der Waals surface area contributed by atoms with Crippen LogP contribution in [0.2, 0.25) is 5.15 Å². The van der Waals surface area contributed by atoms with E-state index in [2.05, 4.69) is 10.3 Å². The maximum Gasteiger partial charge on any atom is 0.389 e. The van der Waals surface area contributed by atoms with Crippen molar-refractivity contribution < 1.29 is 13.2 Å². The molecule has 15 heavy (non-hydrogen) atoms.